The standard InChI is InChI=1S/C20H23N3O2/c1-12-8-13(2)18(14(3)9-12)23-20(25)17-10-16(17)19(24)22-11-15-6-4-5-7-21-15/h4-9,16-17H,10-11H2,1-3H3,(H,22,24)(H,23,25). The van der Waals surface area contributed by atoms with E-state index >= 15 is 0 Å². The normalized spacial score (nSPS) is 18.5. The maximum absolute atomic E-state index is 12.4. The Bertz CT molecular complexity index is 779. The minimum absolute atomic E-state index is 0.0759. The lowest BCUT2D eigenvalue weighted by molar-refractivity contribution is -0.125. The maximum Gasteiger partial charge on any atom is 0.228 e. The van der Waals surface area contributed by atoms with Crippen molar-refractivity contribution in [2.45, 2.75) is 33.7 Å². The first-order chi connectivity index (χ1) is 12.0. The van der Waals surface area contributed by atoms with Crippen LogP contribution in [0.4, 0.5) is 5.69 Å². The summed E-state index contributed by atoms with van der Waals surface area (Å²) in [4.78, 5) is 28.8. The molecule has 1 aromatic carbocycles. The number of carbonyl (C=O) groups is 2. The van der Waals surface area contributed by atoms with E-state index in [0.29, 0.717) is 13.0 Å². The van der Waals surface area contributed by atoms with Gasteiger partial charge in [0.15, 0.2) is 0 Å². The predicted molar refractivity (Wildman–Crippen MR) is 97.0 cm³/mol. The molecule has 0 saturated heterocycles. The SMILES string of the molecule is Cc1cc(C)c(NC(=O)C2CC2C(=O)NCc2ccccn2)c(C)c1. The van der Waals surface area contributed by atoms with Crippen molar-refractivity contribution >= 4 is 17.5 Å². The van der Waals surface area contributed by atoms with Gasteiger partial charge in [0, 0.05) is 11.9 Å². The summed E-state index contributed by atoms with van der Waals surface area (Å²) in [7, 11) is 0. The first-order valence-electron chi connectivity index (χ1n) is 8.52. The Morgan fingerprint density at radius 1 is 1.08 bits per heavy atom. The molecule has 0 spiro atoms. The van der Waals surface area contributed by atoms with Crippen LogP contribution in [0.1, 0.15) is 28.8 Å². The zero-order valence-electron chi connectivity index (χ0n) is 14.8. The Hall–Kier alpha value is -2.69. The number of rotatable bonds is 5. The second-order valence-corrected chi connectivity index (χ2v) is 6.75. The Morgan fingerprint density at radius 2 is 1.76 bits per heavy atom. The van der Waals surface area contributed by atoms with E-state index in [1.54, 1.807) is 6.20 Å². The molecule has 5 heteroatoms. The van der Waals surface area contributed by atoms with Gasteiger partial charge in [0.1, 0.15) is 0 Å². The fourth-order valence-electron chi connectivity index (χ4n) is 3.18. The molecule has 5 nitrogen and oxygen atoms in total. The summed E-state index contributed by atoms with van der Waals surface area (Å²) >= 11 is 0. The largest absolute Gasteiger partial charge is 0.350 e. The smallest absolute Gasteiger partial charge is 0.228 e. The highest BCUT2D eigenvalue weighted by Crippen LogP contribution is 2.40. The predicted octanol–water partition coefficient (Wildman–Crippen LogP) is 2.90. The average Bonchev–Trinajstić information content (AvgIpc) is 3.37. The van der Waals surface area contributed by atoms with E-state index in [4.69, 9.17) is 0 Å². The minimum Gasteiger partial charge on any atom is -0.350 e. The van der Waals surface area contributed by atoms with Crippen LogP contribution in [0, 0.1) is 32.6 Å². The fourth-order valence-corrected chi connectivity index (χ4v) is 3.18. The van der Waals surface area contributed by atoms with Gasteiger partial charge in [0.25, 0.3) is 0 Å². The topological polar surface area (TPSA) is 71.1 Å². The van der Waals surface area contributed by atoms with Crippen molar-refractivity contribution in [2.75, 3.05) is 5.32 Å². The zero-order chi connectivity index (χ0) is 18.0. The number of pyridine rings is 1. The first-order valence-corrected chi connectivity index (χ1v) is 8.52. The molecule has 2 amide bonds. The minimum atomic E-state index is -0.246. The summed E-state index contributed by atoms with van der Waals surface area (Å²) in [5.74, 6) is -0.644. The Morgan fingerprint density at radius 3 is 2.40 bits per heavy atom. The van der Waals surface area contributed by atoms with Gasteiger partial charge >= 0.3 is 0 Å². The number of nitrogens with zero attached hydrogens (tertiary/aromatic N) is 1. The highest BCUT2D eigenvalue weighted by molar-refractivity contribution is 6.00. The first kappa shape index (κ1) is 17.1. The summed E-state index contributed by atoms with van der Waals surface area (Å²) in [6.07, 6.45) is 2.30. The lowest BCUT2D eigenvalue weighted by Crippen LogP contribution is -2.27. The van der Waals surface area contributed by atoms with E-state index in [0.717, 1.165) is 22.5 Å². The van der Waals surface area contributed by atoms with E-state index in [2.05, 4.69) is 15.6 Å². The second kappa shape index (κ2) is 7.05. The Kier molecular flexibility index (Phi) is 4.83. The van der Waals surface area contributed by atoms with Gasteiger partial charge in [0.05, 0.1) is 24.1 Å². The molecular formula is C20H23N3O2. The number of benzene rings is 1. The van der Waals surface area contributed by atoms with Crippen molar-refractivity contribution in [1.82, 2.24) is 10.3 Å². The number of nitrogens with one attached hydrogen (secondary N) is 2. The van der Waals surface area contributed by atoms with Crippen molar-refractivity contribution in [1.29, 1.82) is 0 Å². The zero-order valence-corrected chi connectivity index (χ0v) is 14.8. The summed E-state index contributed by atoms with van der Waals surface area (Å²) in [6.45, 7) is 6.40. The number of aryl methyl sites for hydroxylation is 3. The van der Waals surface area contributed by atoms with Gasteiger partial charge in [-0.1, -0.05) is 23.8 Å². The second-order valence-electron chi connectivity index (χ2n) is 6.75. The van der Waals surface area contributed by atoms with Gasteiger partial charge in [-0.05, 0) is 50.5 Å². The number of hydrogen-bond donors (Lipinski definition) is 2. The van der Waals surface area contributed by atoms with Gasteiger partial charge < -0.3 is 10.6 Å². The molecule has 0 bridgehead atoms. The van der Waals surface area contributed by atoms with E-state index in [1.165, 1.54) is 5.56 Å². The molecule has 130 valence electrons. The van der Waals surface area contributed by atoms with Crippen LogP contribution in [-0.2, 0) is 16.1 Å². The molecule has 1 saturated carbocycles. The van der Waals surface area contributed by atoms with Crippen molar-refractivity contribution < 1.29 is 9.59 Å². The van der Waals surface area contributed by atoms with Crippen LogP contribution in [0.3, 0.4) is 0 Å². The van der Waals surface area contributed by atoms with Crippen LogP contribution in [0.2, 0.25) is 0 Å². The molecule has 2 unspecified atom stereocenters. The third-order valence-corrected chi connectivity index (χ3v) is 4.56. The molecule has 2 aromatic rings. The van der Waals surface area contributed by atoms with Crippen molar-refractivity contribution in [2.24, 2.45) is 11.8 Å². The van der Waals surface area contributed by atoms with E-state index in [9.17, 15) is 9.59 Å². The number of aromatic nitrogens is 1. The maximum atomic E-state index is 12.4. The molecular weight excluding hydrogens is 314 g/mol. The molecule has 1 fully saturated rings. The van der Waals surface area contributed by atoms with Crippen molar-refractivity contribution in [3.8, 4) is 0 Å². The number of carbonyl (C=O) groups excluding carboxylic acids is 2. The van der Waals surface area contributed by atoms with E-state index < -0.39 is 0 Å². The van der Waals surface area contributed by atoms with Crippen LogP contribution in [0.25, 0.3) is 0 Å². The summed E-state index contributed by atoms with van der Waals surface area (Å²) in [5, 5.41) is 5.85. The summed E-state index contributed by atoms with van der Waals surface area (Å²) in [6, 6.07) is 9.68. The Labute approximate surface area is 147 Å². The van der Waals surface area contributed by atoms with Gasteiger partial charge in [-0.15, -0.1) is 0 Å². The van der Waals surface area contributed by atoms with Gasteiger partial charge in [-0.3, -0.25) is 14.6 Å². The van der Waals surface area contributed by atoms with Crippen LogP contribution in [0.15, 0.2) is 36.5 Å². The van der Waals surface area contributed by atoms with E-state index in [1.807, 2.05) is 51.1 Å². The highest BCUT2D eigenvalue weighted by atomic mass is 16.2. The summed E-state index contributed by atoms with van der Waals surface area (Å²) in [5.41, 5.74) is 4.93. The van der Waals surface area contributed by atoms with Gasteiger partial charge in [-0.2, -0.15) is 0 Å². The molecule has 2 N–H and O–H groups in total. The third kappa shape index (κ3) is 4.05. The fraction of sp³-hybridized carbons (Fsp3) is 0.350. The Balaban J connectivity index is 1.54. The highest BCUT2D eigenvalue weighted by Gasteiger charge is 2.48. The van der Waals surface area contributed by atoms with Gasteiger partial charge in [-0.25, -0.2) is 0 Å². The van der Waals surface area contributed by atoms with Crippen LogP contribution in [-0.4, -0.2) is 16.8 Å². The number of hydrogen-bond acceptors (Lipinski definition) is 3. The van der Waals surface area contributed by atoms with Gasteiger partial charge in [0.2, 0.25) is 11.8 Å². The lowest BCUT2D eigenvalue weighted by atomic mass is 10.0. The molecule has 0 aliphatic heterocycles. The molecule has 1 aromatic heterocycles. The molecule has 1 aliphatic rings. The van der Waals surface area contributed by atoms with Crippen LogP contribution in [0.5, 0.6) is 0 Å². The number of amides is 2. The quantitative estimate of drug-likeness (QED) is 0.881. The third-order valence-electron chi connectivity index (χ3n) is 4.56. The average molecular weight is 337 g/mol. The van der Waals surface area contributed by atoms with Crippen LogP contribution < -0.4 is 10.6 Å². The molecule has 25 heavy (non-hydrogen) atoms. The summed E-state index contributed by atoms with van der Waals surface area (Å²) < 4.78 is 0. The lowest BCUT2D eigenvalue weighted by Gasteiger charge is -2.13. The monoisotopic (exact) mass is 337 g/mol. The van der Waals surface area contributed by atoms with Crippen molar-refractivity contribution in [3.05, 3.63) is 58.9 Å². The molecule has 3 rings (SSSR count). The van der Waals surface area contributed by atoms with Crippen LogP contribution >= 0.6 is 0 Å². The number of anilines is 1. The van der Waals surface area contributed by atoms with Crippen molar-refractivity contribution in [3.63, 3.8) is 0 Å². The molecule has 1 heterocycles. The van der Waals surface area contributed by atoms with E-state index in [-0.39, 0.29) is 23.7 Å². The molecule has 1 aliphatic carbocycles. The molecule has 2 atom stereocenters. The molecule has 0 radical (unpaired) electrons.